The van der Waals surface area contributed by atoms with Gasteiger partial charge in [-0.25, -0.2) is 4.68 Å². The van der Waals surface area contributed by atoms with Crippen LogP contribution in [0.5, 0.6) is 0 Å². The van der Waals surface area contributed by atoms with Crippen molar-refractivity contribution in [3.8, 4) is 0 Å². The van der Waals surface area contributed by atoms with Crippen LogP contribution in [0, 0.1) is 0 Å². The molecule has 1 aromatic rings. The van der Waals surface area contributed by atoms with E-state index in [1.54, 1.807) is 0 Å². The molecule has 0 aromatic carbocycles. The van der Waals surface area contributed by atoms with E-state index in [9.17, 15) is 22.0 Å². The Morgan fingerprint density at radius 1 is 1.50 bits per heavy atom. The Balaban J connectivity index is 3.14. The Kier molecular flexibility index (Phi) is 3.33. The number of hydrogen-bond donors (Lipinski definition) is 0. The van der Waals surface area contributed by atoms with E-state index in [0.717, 1.165) is 0 Å². The number of halogens is 5. The molecule has 0 radical (unpaired) electrons. The zero-order valence-corrected chi connectivity index (χ0v) is 7.49. The summed E-state index contributed by atoms with van der Waals surface area (Å²) in [6.45, 7) is -3.84. The Hall–Kier alpha value is -1.83. The van der Waals surface area contributed by atoms with E-state index >= 15 is 0 Å². The molecule has 0 amide bonds. The second-order valence-corrected chi connectivity index (χ2v) is 2.63. The van der Waals surface area contributed by atoms with E-state index in [0.29, 0.717) is 6.07 Å². The molecule has 0 bridgehead atoms. The van der Waals surface area contributed by atoms with Gasteiger partial charge in [-0.1, -0.05) is 5.11 Å². The predicted molar refractivity (Wildman–Crippen MR) is 41.3 cm³/mol. The largest absolute Gasteiger partial charge is 0.435 e. The summed E-state index contributed by atoms with van der Waals surface area (Å²) >= 11 is 0. The molecule has 0 unspecified atom stereocenters. The normalized spacial score (nSPS) is 11.6. The molecule has 0 aliphatic carbocycles. The van der Waals surface area contributed by atoms with Gasteiger partial charge in [-0.15, -0.1) is 0 Å². The Labute approximate surface area is 85.1 Å². The van der Waals surface area contributed by atoms with Crippen LogP contribution in [-0.4, -0.2) is 9.78 Å². The molecule has 0 saturated heterocycles. The van der Waals surface area contributed by atoms with Gasteiger partial charge in [-0.3, -0.25) is 0 Å². The average molecular weight is 241 g/mol. The van der Waals surface area contributed by atoms with Gasteiger partial charge in [-0.05, 0) is 11.6 Å². The van der Waals surface area contributed by atoms with Crippen molar-refractivity contribution in [2.75, 3.05) is 0 Å². The maximum atomic E-state index is 12.3. The standard InChI is InChI=1S/C6H4F5N5/c7-5(8)16-3(2-13-15-12)1-4(14-16)6(9,10)11/h1,5H,2H2. The summed E-state index contributed by atoms with van der Waals surface area (Å²) in [4.78, 5) is 2.26. The predicted octanol–water partition coefficient (Wildman–Crippen LogP) is 3.11. The van der Waals surface area contributed by atoms with Gasteiger partial charge in [0.25, 0.3) is 0 Å². The molecule has 0 aliphatic rings. The highest BCUT2D eigenvalue weighted by molar-refractivity contribution is 5.13. The molecule has 88 valence electrons. The summed E-state index contributed by atoms with van der Waals surface area (Å²) in [6.07, 6.45) is -4.81. The van der Waals surface area contributed by atoms with Crippen molar-refractivity contribution in [2.24, 2.45) is 5.11 Å². The Morgan fingerprint density at radius 3 is 2.56 bits per heavy atom. The third kappa shape index (κ3) is 2.60. The van der Waals surface area contributed by atoms with Gasteiger partial charge in [0.1, 0.15) is 0 Å². The number of nitrogens with zero attached hydrogens (tertiary/aromatic N) is 5. The summed E-state index contributed by atoms with van der Waals surface area (Å²) < 4.78 is 60.8. The van der Waals surface area contributed by atoms with E-state index in [4.69, 9.17) is 5.53 Å². The van der Waals surface area contributed by atoms with Gasteiger partial charge in [-0.2, -0.15) is 27.1 Å². The average Bonchev–Trinajstić information content (AvgIpc) is 2.57. The number of aromatic nitrogens is 2. The third-order valence-corrected chi connectivity index (χ3v) is 1.58. The van der Waals surface area contributed by atoms with E-state index < -0.39 is 30.7 Å². The van der Waals surface area contributed by atoms with Gasteiger partial charge in [0.15, 0.2) is 5.69 Å². The van der Waals surface area contributed by atoms with Gasteiger partial charge in [0, 0.05) is 4.91 Å². The highest BCUT2D eigenvalue weighted by Gasteiger charge is 2.35. The number of alkyl halides is 5. The monoisotopic (exact) mass is 241 g/mol. The Morgan fingerprint density at radius 2 is 2.12 bits per heavy atom. The summed E-state index contributed by atoms with van der Waals surface area (Å²) in [6, 6.07) is 0.418. The minimum absolute atomic E-state index is 0.127. The molecule has 1 rings (SSSR count). The van der Waals surface area contributed by atoms with Crippen LogP contribution >= 0.6 is 0 Å². The van der Waals surface area contributed by atoms with Crippen molar-refractivity contribution in [1.82, 2.24) is 9.78 Å². The lowest BCUT2D eigenvalue weighted by atomic mass is 10.3. The van der Waals surface area contributed by atoms with Crippen molar-refractivity contribution >= 4 is 0 Å². The number of azide groups is 1. The highest BCUT2D eigenvalue weighted by atomic mass is 19.4. The molecule has 0 aliphatic heterocycles. The topological polar surface area (TPSA) is 66.6 Å². The van der Waals surface area contributed by atoms with Crippen molar-refractivity contribution in [1.29, 1.82) is 0 Å². The fraction of sp³-hybridized carbons (Fsp3) is 0.500. The SMILES string of the molecule is [N-]=[N+]=NCc1cc(C(F)(F)F)nn1C(F)F. The first-order valence-corrected chi connectivity index (χ1v) is 3.81. The lowest BCUT2D eigenvalue weighted by Crippen LogP contribution is -2.09. The molecule has 0 N–H and O–H groups in total. The first-order chi connectivity index (χ1) is 7.36. The molecule has 5 nitrogen and oxygen atoms in total. The second-order valence-electron chi connectivity index (χ2n) is 2.63. The lowest BCUT2D eigenvalue weighted by molar-refractivity contribution is -0.142. The minimum atomic E-state index is -4.81. The molecule has 0 spiro atoms. The van der Waals surface area contributed by atoms with Crippen LogP contribution in [0.4, 0.5) is 22.0 Å². The van der Waals surface area contributed by atoms with Crippen molar-refractivity contribution in [3.63, 3.8) is 0 Å². The summed E-state index contributed by atoms with van der Waals surface area (Å²) in [5.74, 6) is 0. The number of rotatable bonds is 3. The summed E-state index contributed by atoms with van der Waals surface area (Å²) in [5, 5.41) is 5.59. The number of hydrogen-bond acceptors (Lipinski definition) is 2. The van der Waals surface area contributed by atoms with Crippen LogP contribution in [0.1, 0.15) is 17.9 Å². The first-order valence-electron chi connectivity index (χ1n) is 3.81. The molecular weight excluding hydrogens is 237 g/mol. The molecule has 1 heterocycles. The van der Waals surface area contributed by atoms with E-state index in [2.05, 4.69) is 15.1 Å². The molecular formula is C6H4F5N5. The fourth-order valence-corrected chi connectivity index (χ4v) is 0.963. The molecule has 0 fully saturated rings. The molecule has 10 heteroatoms. The summed E-state index contributed by atoms with van der Waals surface area (Å²) in [7, 11) is 0. The zero-order valence-electron chi connectivity index (χ0n) is 7.49. The van der Waals surface area contributed by atoms with Crippen LogP contribution in [0.3, 0.4) is 0 Å². The van der Waals surface area contributed by atoms with E-state index in [1.165, 1.54) is 0 Å². The zero-order chi connectivity index (χ0) is 12.3. The first kappa shape index (κ1) is 12.2. The van der Waals surface area contributed by atoms with Gasteiger partial charge in [0.05, 0.1) is 12.2 Å². The third-order valence-electron chi connectivity index (χ3n) is 1.58. The van der Waals surface area contributed by atoms with Crippen LogP contribution in [0.2, 0.25) is 0 Å². The fourth-order valence-electron chi connectivity index (χ4n) is 0.963. The maximum absolute atomic E-state index is 12.3. The molecule has 0 saturated carbocycles. The Bertz CT molecular complexity index is 415. The minimum Gasteiger partial charge on any atom is -0.208 e. The van der Waals surface area contributed by atoms with Crippen LogP contribution in [0.15, 0.2) is 11.2 Å². The van der Waals surface area contributed by atoms with Crippen molar-refractivity contribution in [3.05, 3.63) is 27.9 Å². The molecule has 1 aromatic heterocycles. The highest BCUT2D eigenvalue weighted by Crippen LogP contribution is 2.30. The van der Waals surface area contributed by atoms with E-state index in [1.807, 2.05) is 0 Å². The van der Waals surface area contributed by atoms with Crippen LogP contribution in [-0.2, 0) is 12.7 Å². The van der Waals surface area contributed by atoms with Crippen molar-refractivity contribution in [2.45, 2.75) is 19.3 Å². The maximum Gasteiger partial charge on any atom is 0.435 e. The van der Waals surface area contributed by atoms with Gasteiger partial charge >= 0.3 is 12.7 Å². The summed E-state index contributed by atoms with van der Waals surface area (Å²) in [5.41, 5.74) is 5.99. The van der Waals surface area contributed by atoms with Crippen LogP contribution < -0.4 is 0 Å². The second kappa shape index (κ2) is 4.35. The van der Waals surface area contributed by atoms with Crippen LogP contribution in [0.25, 0.3) is 10.4 Å². The quantitative estimate of drug-likeness (QED) is 0.347. The van der Waals surface area contributed by atoms with Crippen molar-refractivity contribution < 1.29 is 22.0 Å². The van der Waals surface area contributed by atoms with Gasteiger partial charge < -0.3 is 0 Å². The lowest BCUT2D eigenvalue weighted by Gasteiger charge is -2.02. The van der Waals surface area contributed by atoms with Gasteiger partial charge in [0.2, 0.25) is 0 Å². The smallest absolute Gasteiger partial charge is 0.208 e. The van der Waals surface area contributed by atoms with E-state index in [-0.39, 0.29) is 4.68 Å². The molecule has 0 atom stereocenters. The molecule has 16 heavy (non-hydrogen) atoms.